The number of carbonyl (C=O) groups excluding carboxylic acids is 2. The monoisotopic (exact) mass is 398 g/mol. The molecule has 0 saturated carbocycles. The average molecular weight is 398 g/mol. The molecule has 7 heteroatoms. The second kappa shape index (κ2) is 9.43. The number of amides is 1. The van der Waals surface area contributed by atoms with Crippen LogP contribution in [0.15, 0.2) is 42.5 Å². The van der Waals surface area contributed by atoms with Crippen molar-refractivity contribution in [3.63, 3.8) is 0 Å². The number of para-hydroxylation sites is 1. The van der Waals surface area contributed by atoms with Gasteiger partial charge in [-0.1, -0.05) is 12.1 Å². The molecule has 1 aliphatic rings. The van der Waals surface area contributed by atoms with Gasteiger partial charge < -0.3 is 24.6 Å². The Hall–Kier alpha value is -3.06. The maximum Gasteiger partial charge on any atom is 0.337 e. The van der Waals surface area contributed by atoms with E-state index in [1.807, 2.05) is 12.1 Å². The summed E-state index contributed by atoms with van der Waals surface area (Å²) in [5.74, 6) is -0.232. The van der Waals surface area contributed by atoms with E-state index in [0.29, 0.717) is 22.6 Å². The predicted octanol–water partition coefficient (Wildman–Crippen LogP) is 1.46. The number of esters is 1. The zero-order valence-electron chi connectivity index (χ0n) is 17.2. The first-order valence-corrected chi connectivity index (χ1v) is 9.82. The second-order valence-electron chi connectivity index (χ2n) is 6.97. The van der Waals surface area contributed by atoms with Gasteiger partial charge in [0.15, 0.2) is 0 Å². The Morgan fingerprint density at radius 1 is 1.10 bits per heavy atom. The molecular formula is C22H28N3O4+. The highest BCUT2D eigenvalue weighted by Crippen LogP contribution is 2.29. The molecule has 1 heterocycles. The molecule has 0 radical (unpaired) electrons. The van der Waals surface area contributed by atoms with Gasteiger partial charge in [-0.15, -0.1) is 0 Å². The predicted molar refractivity (Wildman–Crippen MR) is 112 cm³/mol. The van der Waals surface area contributed by atoms with Crippen molar-refractivity contribution in [3.05, 3.63) is 53.6 Å². The van der Waals surface area contributed by atoms with E-state index in [2.05, 4.69) is 17.1 Å². The van der Waals surface area contributed by atoms with Gasteiger partial charge in [-0.05, 0) is 37.3 Å². The number of rotatable bonds is 6. The first-order chi connectivity index (χ1) is 14.1. The third kappa shape index (κ3) is 4.68. The zero-order chi connectivity index (χ0) is 20.8. The van der Waals surface area contributed by atoms with Crippen molar-refractivity contribution in [2.75, 3.05) is 57.2 Å². The summed E-state index contributed by atoms with van der Waals surface area (Å²) in [5, 5.41) is 2.97. The molecule has 7 nitrogen and oxygen atoms in total. The van der Waals surface area contributed by atoms with Gasteiger partial charge in [0.25, 0.3) is 5.91 Å². The molecule has 3 rings (SSSR count). The number of nitrogens with one attached hydrogen (secondary N) is 2. The van der Waals surface area contributed by atoms with Gasteiger partial charge in [-0.3, -0.25) is 4.79 Å². The fourth-order valence-corrected chi connectivity index (χ4v) is 3.60. The topological polar surface area (TPSA) is 72.3 Å². The van der Waals surface area contributed by atoms with E-state index in [1.165, 1.54) is 14.2 Å². The molecule has 1 amide bonds. The molecule has 2 aromatic carbocycles. The molecule has 0 spiro atoms. The minimum Gasteiger partial charge on any atom is -0.496 e. The Morgan fingerprint density at radius 2 is 1.83 bits per heavy atom. The van der Waals surface area contributed by atoms with Crippen LogP contribution in [0.3, 0.4) is 0 Å². The summed E-state index contributed by atoms with van der Waals surface area (Å²) in [7, 11) is 2.88. The van der Waals surface area contributed by atoms with Crippen molar-refractivity contribution >= 4 is 23.3 Å². The summed E-state index contributed by atoms with van der Waals surface area (Å²) in [6.45, 7) is 7.14. The fraction of sp³-hybridized carbons (Fsp3) is 0.364. The minimum absolute atomic E-state index is 0.288. The highest BCUT2D eigenvalue weighted by molar-refractivity contribution is 6.08. The molecule has 29 heavy (non-hydrogen) atoms. The number of benzene rings is 2. The van der Waals surface area contributed by atoms with Crippen molar-refractivity contribution < 1.29 is 24.0 Å². The van der Waals surface area contributed by atoms with Crippen molar-refractivity contribution in [2.24, 2.45) is 0 Å². The Bertz CT molecular complexity index is 876. The van der Waals surface area contributed by atoms with E-state index in [9.17, 15) is 9.59 Å². The number of ether oxygens (including phenoxy) is 2. The van der Waals surface area contributed by atoms with Crippen LogP contribution >= 0.6 is 0 Å². The molecule has 2 aromatic rings. The van der Waals surface area contributed by atoms with E-state index in [0.717, 1.165) is 38.4 Å². The van der Waals surface area contributed by atoms with Crippen LogP contribution in [0.25, 0.3) is 0 Å². The van der Waals surface area contributed by atoms with Gasteiger partial charge in [0, 0.05) is 0 Å². The van der Waals surface area contributed by atoms with Crippen LogP contribution in [0.5, 0.6) is 5.75 Å². The summed E-state index contributed by atoms with van der Waals surface area (Å²) in [6.07, 6.45) is 0. The Balaban J connectivity index is 1.91. The minimum atomic E-state index is -0.440. The summed E-state index contributed by atoms with van der Waals surface area (Å²) < 4.78 is 10.1. The van der Waals surface area contributed by atoms with Crippen LogP contribution in [0.2, 0.25) is 0 Å². The SMILES string of the molecule is CC[NH+]1CCN(c2ccc(C(=O)OC)cc2NC(=O)c2ccccc2OC)CC1. The van der Waals surface area contributed by atoms with Gasteiger partial charge in [-0.2, -0.15) is 0 Å². The average Bonchev–Trinajstić information content (AvgIpc) is 2.78. The third-order valence-electron chi connectivity index (χ3n) is 5.33. The smallest absolute Gasteiger partial charge is 0.337 e. The second-order valence-corrected chi connectivity index (χ2v) is 6.97. The maximum absolute atomic E-state index is 12.9. The molecule has 0 aromatic heterocycles. The maximum atomic E-state index is 12.9. The molecule has 0 aliphatic carbocycles. The van der Waals surface area contributed by atoms with Crippen LogP contribution in [-0.4, -0.2) is 58.8 Å². The number of nitrogens with zero attached hydrogens (tertiary/aromatic N) is 1. The summed E-state index contributed by atoms with van der Waals surface area (Å²) in [6, 6.07) is 12.3. The molecule has 0 unspecified atom stereocenters. The van der Waals surface area contributed by atoms with Gasteiger partial charge in [0.2, 0.25) is 0 Å². The van der Waals surface area contributed by atoms with Crippen LogP contribution in [-0.2, 0) is 4.74 Å². The first kappa shape index (κ1) is 20.7. The van der Waals surface area contributed by atoms with E-state index in [4.69, 9.17) is 9.47 Å². The molecule has 154 valence electrons. The first-order valence-electron chi connectivity index (χ1n) is 9.82. The van der Waals surface area contributed by atoms with Gasteiger partial charge in [-0.25, -0.2) is 4.79 Å². The summed E-state index contributed by atoms with van der Waals surface area (Å²) in [5.41, 5.74) is 2.31. The zero-order valence-corrected chi connectivity index (χ0v) is 17.2. The number of anilines is 2. The number of hydrogen-bond acceptors (Lipinski definition) is 5. The van der Waals surface area contributed by atoms with E-state index >= 15 is 0 Å². The van der Waals surface area contributed by atoms with E-state index in [-0.39, 0.29) is 5.91 Å². The Morgan fingerprint density at radius 3 is 2.48 bits per heavy atom. The lowest BCUT2D eigenvalue weighted by atomic mass is 10.1. The Kier molecular flexibility index (Phi) is 6.72. The number of methoxy groups -OCH3 is 2. The number of piperazine rings is 1. The number of likely N-dealkylation sites (N-methyl/N-ethyl adjacent to an activating group) is 1. The van der Waals surface area contributed by atoms with Crippen molar-refractivity contribution in [1.82, 2.24) is 0 Å². The largest absolute Gasteiger partial charge is 0.496 e. The molecule has 1 aliphatic heterocycles. The van der Waals surface area contributed by atoms with Crippen molar-refractivity contribution in [2.45, 2.75) is 6.92 Å². The van der Waals surface area contributed by atoms with E-state index in [1.54, 1.807) is 35.2 Å². The molecule has 0 atom stereocenters. The number of quaternary nitrogens is 1. The van der Waals surface area contributed by atoms with Crippen LogP contribution < -0.4 is 19.9 Å². The lowest BCUT2D eigenvalue weighted by Gasteiger charge is -2.34. The van der Waals surface area contributed by atoms with Gasteiger partial charge in [0.1, 0.15) is 5.75 Å². The molecule has 1 fully saturated rings. The van der Waals surface area contributed by atoms with Gasteiger partial charge >= 0.3 is 5.97 Å². The molecular weight excluding hydrogens is 370 g/mol. The number of carbonyl (C=O) groups is 2. The van der Waals surface area contributed by atoms with Gasteiger partial charge in [0.05, 0.1) is 69.4 Å². The highest BCUT2D eigenvalue weighted by Gasteiger charge is 2.23. The Labute approximate surface area is 171 Å². The highest BCUT2D eigenvalue weighted by atomic mass is 16.5. The lowest BCUT2D eigenvalue weighted by molar-refractivity contribution is -0.898. The lowest BCUT2D eigenvalue weighted by Crippen LogP contribution is -3.14. The van der Waals surface area contributed by atoms with E-state index < -0.39 is 5.97 Å². The van der Waals surface area contributed by atoms with Crippen molar-refractivity contribution in [1.29, 1.82) is 0 Å². The summed E-state index contributed by atoms with van der Waals surface area (Å²) >= 11 is 0. The quantitative estimate of drug-likeness (QED) is 0.721. The van der Waals surface area contributed by atoms with Crippen LogP contribution in [0.4, 0.5) is 11.4 Å². The fourth-order valence-electron chi connectivity index (χ4n) is 3.60. The molecule has 1 saturated heterocycles. The van der Waals surface area contributed by atoms with Crippen LogP contribution in [0, 0.1) is 0 Å². The van der Waals surface area contributed by atoms with Crippen LogP contribution in [0.1, 0.15) is 27.6 Å². The molecule has 0 bridgehead atoms. The standard InChI is InChI=1S/C22H27N3O4/c1-4-24-11-13-25(14-12-24)19-10-9-16(22(27)29-3)15-18(19)23-21(26)17-7-5-6-8-20(17)28-2/h5-10,15H,4,11-14H2,1-3H3,(H,23,26)/p+1. The normalized spacial score (nSPS) is 14.4. The third-order valence-corrected chi connectivity index (χ3v) is 5.33. The van der Waals surface area contributed by atoms with Crippen molar-refractivity contribution in [3.8, 4) is 5.75 Å². The summed E-state index contributed by atoms with van der Waals surface area (Å²) in [4.78, 5) is 28.8. The molecule has 2 N–H and O–H groups in total. The number of hydrogen-bond donors (Lipinski definition) is 2.